The molecule has 3 rings (SSSR count). The lowest BCUT2D eigenvalue weighted by atomic mass is 10.3. The molecule has 2 heterocycles. The van der Waals surface area contributed by atoms with Gasteiger partial charge in [-0.1, -0.05) is 0 Å². The lowest BCUT2D eigenvalue weighted by molar-refractivity contribution is 1.01. The Labute approximate surface area is 88.3 Å². The largest absolute Gasteiger partial charge is 0.258 e. The van der Waals surface area contributed by atoms with Crippen LogP contribution in [0.4, 0.5) is 0 Å². The number of aromatic amines is 1. The highest BCUT2D eigenvalue weighted by atomic mass is 127. The first-order valence-corrected chi connectivity index (χ1v) is 5.29. The second-order valence-electron chi connectivity index (χ2n) is 3.28. The summed E-state index contributed by atoms with van der Waals surface area (Å²) in [5, 5.41) is 6.90. The van der Waals surface area contributed by atoms with Gasteiger partial charge in [-0.05, 0) is 35.4 Å². The van der Waals surface area contributed by atoms with Crippen LogP contribution in [0.2, 0.25) is 0 Å². The molecule has 0 aliphatic heterocycles. The van der Waals surface area contributed by atoms with Crippen LogP contribution >= 0.6 is 22.6 Å². The first-order valence-electron chi connectivity index (χ1n) is 4.21. The Hall–Kier alpha value is -0.720. The molecule has 0 atom stereocenters. The number of rotatable bonds is 1. The van der Waals surface area contributed by atoms with Gasteiger partial charge in [-0.3, -0.25) is 5.10 Å². The summed E-state index contributed by atoms with van der Waals surface area (Å²) in [6, 6.07) is 0. The van der Waals surface area contributed by atoms with Crippen LogP contribution in [0, 0.1) is 3.70 Å². The summed E-state index contributed by atoms with van der Waals surface area (Å²) in [6.45, 7) is 0. The predicted molar refractivity (Wildman–Crippen MR) is 56.4 cm³/mol. The highest BCUT2D eigenvalue weighted by molar-refractivity contribution is 14.1. The first kappa shape index (κ1) is 7.66. The summed E-state index contributed by atoms with van der Waals surface area (Å²) in [5.41, 5.74) is 2.81. The molecule has 1 N–H and O–H groups in total. The Balaban J connectivity index is 2.24. The zero-order valence-corrected chi connectivity index (χ0v) is 8.95. The van der Waals surface area contributed by atoms with Gasteiger partial charge >= 0.3 is 0 Å². The first-order chi connectivity index (χ1) is 6.34. The van der Waals surface area contributed by atoms with Crippen molar-refractivity contribution >= 4 is 33.8 Å². The van der Waals surface area contributed by atoms with E-state index < -0.39 is 0 Å². The topological polar surface area (TPSA) is 54.5 Å². The van der Waals surface area contributed by atoms with Gasteiger partial charge in [0.15, 0.2) is 9.35 Å². The monoisotopic (exact) mass is 286 g/mol. The van der Waals surface area contributed by atoms with Crippen molar-refractivity contribution in [3.63, 3.8) is 0 Å². The second kappa shape index (κ2) is 2.63. The number of fused-ring (bicyclic) bond motifs is 1. The van der Waals surface area contributed by atoms with Gasteiger partial charge in [-0.25, -0.2) is 9.97 Å². The standard InChI is InChI=1S/C8H7IN4/c9-7-6-8(13-12-7)10-3-5(11-6)4-1-2-4/h3-4H,1-2H2,(H,10,12,13). The molecule has 1 fully saturated rings. The molecule has 2 aromatic rings. The van der Waals surface area contributed by atoms with E-state index in [2.05, 4.69) is 42.8 Å². The predicted octanol–water partition coefficient (Wildman–Crippen LogP) is 1.83. The molecular formula is C8H7IN4. The van der Waals surface area contributed by atoms with Crippen LogP contribution < -0.4 is 0 Å². The van der Waals surface area contributed by atoms with Gasteiger partial charge in [-0.2, -0.15) is 5.10 Å². The zero-order chi connectivity index (χ0) is 8.84. The summed E-state index contributed by atoms with van der Waals surface area (Å²) >= 11 is 2.17. The average Bonchev–Trinajstić information content (AvgIpc) is 2.93. The maximum Gasteiger partial charge on any atom is 0.175 e. The molecule has 0 amide bonds. The maximum atomic E-state index is 4.53. The normalized spacial score (nSPS) is 16.7. The van der Waals surface area contributed by atoms with Crippen molar-refractivity contribution < 1.29 is 0 Å². The number of H-pyrrole nitrogens is 1. The highest BCUT2D eigenvalue weighted by Crippen LogP contribution is 2.39. The third-order valence-electron chi connectivity index (χ3n) is 2.24. The summed E-state index contributed by atoms with van der Waals surface area (Å²) in [5.74, 6) is 0.655. The highest BCUT2D eigenvalue weighted by Gasteiger charge is 2.25. The van der Waals surface area contributed by atoms with E-state index in [1.54, 1.807) is 0 Å². The van der Waals surface area contributed by atoms with E-state index in [4.69, 9.17) is 0 Å². The lowest BCUT2D eigenvalue weighted by Crippen LogP contribution is -1.89. The number of hydrogen-bond donors (Lipinski definition) is 1. The molecule has 0 unspecified atom stereocenters. The minimum absolute atomic E-state index is 0.655. The quantitative estimate of drug-likeness (QED) is 0.814. The van der Waals surface area contributed by atoms with E-state index in [1.807, 2.05) is 6.20 Å². The number of aromatic nitrogens is 4. The van der Waals surface area contributed by atoms with Gasteiger partial charge in [0.05, 0.1) is 11.9 Å². The van der Waals surface area contributed by atoms with Gasteiger partial charge in [0.1, 0.15) is 5.52 Å². The van der Waals surface area contributed by atoms with Crippen LogP contribution in [-0.2, 0) is 0 Å². The summed E-state index contributed by atoms with van der Waals surface area (Å²) in [7, 11) is 0. The third-order valence-corrected chi connectivity index (χ3v) is 2.99. The molecule has 2 aromatic heterocycles. The smallest absolute Gasteiger partial charge is 0.175 e. The van der Waals surface area contributed by atoms with Gasteiger partial charge < -0.3 is 0 Å². The fourth-order valence-electron chi connectivity index (χ4n) is 1.36. The van der Waals surface area contributed by atoms with Crippen molar-refractivity contribution in [1.82, 2.24) is 20.2 Å². The Morgan fingerprint density at radius 2 is 2.31 bits per heavy atom. The van der Waals surface area contributed by atoms with Crippen molar-refractivity contribution in [3.8, 4) is 0 Å². The fourth-order valence-corrected chi connectivity index (χ4v) is 1.86. The molecule has 0 spiro atoms. The van der Waals surface area contributed by atoms with Crippen molar-refractivity contribution in [2.24, 2.45) is 0 Å². The van der Waals surface area contributed by atoms with Crippen LogP contribution in [0.1, 0.15) is 24.5 Å². The summed E-state index contributed by atoms with van der Waals surface area (Å²) in [6.07, 6.45) is 4.37. The molecule has 0 aromatic carbocycles. The molecule has 0 saturated heterocycles. The van der Waals surface area contributed by atoms with Crippen LogP contribution in [0.15, 0.2) is 6.20 Å². The van der Waals surface area contributed by atoms with Gasteiger partial charge in [0.2, 0.25) is 0 Å². The molecule has 4 nitrogen and oxygen atoms in total. The van der Waals surface area contributed by atoms with Gasteiger partial charge in [0, 0.05) is 5.92 Å². The second-order valence-corrected chi connectivity index (χ2v) is 4.30. The third kappa shape index (κ3) is 1.21. The molecule has 5 heteroatoms. The van der Waals surface area contributed by atoms with E-state index in [-0.39, 0.29) is 0 Å². The molecule has 1 aliphatic carbocycles. The van der Waals surface area contributed by atoms with Crippen molar-refractivity contribution in [2.45, 2.75) is 18.8 Å². The number of nitrogens with zero attached hydrogens (tertiary/aromatic N) is 3. The van der Waals surface area contributed by atoms with Crippen LogP contribution in [-0.4, -0.2) is 20.2 Å². The Kier molecular flexibility index (Phi) is 1.55. The molecule has 13 heavy (non-hydrogen) atoms. The number of halogens is 1. The minimum Gasteiger partial charge on any atom is -0.258 e. The average molecular weight is 286 g/mol. The van der Waals surface area contributed by atoms with Crippen molar-refractivity contribution in [3.05, 3.63) is 15.6 Å². The fraction of sp³-hybridized carbons (Fsp3) is 0.375. The Morgan fingerprint density at radius 3 is 3.08 bits per heavy atom. The van der Waals surface area contributed by atoms with E-state index in [0.717, 1.165) is 20.6 Å². The maximum absolute atomic E-state index is 4.53. The van der Waals surface area contributed by atoms with Gasteiger partial charge in [0.25, 0.3) is 0 Å². The minimum atomic E-state index is 0.655. The van der Waals surface area contributed by atoms with E-state index in [1.165, 1.54) is 12.8 Å². The molecule has 1 aliphatic rings. The molecule has 66 valence electrons. The van der Waals surface area contributed by atoms with Crippen LogP contribution in [0.25, 0.3) is 11.2 Å². The number of nitrogens with one attached hydrogen (secondary N) is 1. The molecule has 1 saturated carbocycles. The summed E-state index contributed by atoms with van der Waals surface area (Å²) < 4.78 is 0.905. The molecular weight excluding hydrogens is 279 g/mol. The van der Waals surface area contributed by atoms with E-state index in [0.29, 0.717) is 5.92 Å². The van der Waals surface area contributed by atoms with E-state index in [9.17, 15) is 0 Å². The summed E-state index contributed by atoms with van der Waals surface area (Å²) in [4.78, 5) is 8.81. The SMILES string of the molecule is Ic1n[nH]c2ncc(C3CC3)nc12. The zero-order valence-electron chi connectivity index (χ0n) is 6.79. The van der Waals surface area contributed by atoms with E-state index >= 15 is 0 Å². The van der Waals surface area contributed by atoms with Crippen molar-refractivity contribution in [1.29, 1.82) is 0 Å². The van der Waals surface area contributed by atoms with Crippen LogP contribution in [0.5, 0.6) is 0 Å². The van der Waals surface area contributed by atoms with Crippen LogP contribution in [0.3, 0.4) is 0 Å². The molecule has 0 radical (unpaired) electrons. The Morgan fingerprint density at radius 1 is 1.46 bits per heavy atom. The lowest BCUT2D eigenvalue weighted by Gasteiger charge is -1.94. The Bertz CT molecular complexity index is 460. The van der Waals surface area contributed by atoms with Crippen molar-refractivity contribution in [2.75, 3.05) is 0 Å². The number of hydrogen-bond acceptors (Lipinski definition) is 3. The van der Waals surface area contributed by atoms with Gasteiger partial charge in [-0.15, -0.1) is 0 Å². The molecule has 0 bridgehead atoms.